The average molecular weight is 403 g/mol. The summed E-state index contributed by atoms with van der Waals surface area (Å²) < 4.78 is 38.2. The Kier molecular flexibility index (Phi) is 5.36. The van der Waals surface area contributed by atoms with Gasteiger partial charge in [0.25, 0.3) is 0 Å². The molecule has 1 aliphatic carbocycles. The highest BCUT2D eigenvalue weighted by Crippen LogP contribution is 2.35. The van der Waals surface area contributed by atoms with E-state index in [1.807, 2.05) is 12.1 Å². The lowest BCUT2D eigenvalue weighted by atomic mass is 9.91. The first-order valence-corrected chi connectivity index (χ1v) is 9.85. The van der Waals surface area contributed by atoms with Gasteiger partial charge in [-0.2, -0.15) is 13.2 Å². The Morgan fingerprint density at radius 3 is 2.14 bits per heavy atom. The first-order valence-electron chi connectivity index (χ1n) is 9.85. The van der Waals surface area contributed by atoms with Crippen molar-refractivity contribution < 1.29 is 18.0 Å². The predicted octanol–water partition coefficient (Wildman–Crippen LogP) is 2.76. The van der Waals surface area contributed by atoms with Gasteiger partial charge in [0.2, 0.25) is 5.91 Å². The number of piperazine rings is 1. The summed E-state index contributed by atoms with van der Waals surface area (Å²) in [5.41, 5.74) is 1.71. The number of hydrogen-bond acceptors (Lipinski definition) is 3. The number of alkyl halides is 3. The highest BCUT2D eigenvalue weighted by Gasteiger charge is 2.48. The Labute approximate surface area is 168 Å². The Morgan fingerprint density at radius 2 is 1.59 bits per heavy atom. The van der Waals surface area contributed by atoms with Crippen molar-refractivity contribution in [2.75, 3.05) is 26.2 Å². The van der Waals surface area contributed by atoms with E-state index >= 15 is 0 Å². The molecule has 1 saturated heterocycles. The van der Waals surface area contributed by atoms with Crippen LogP contribution in [-0.2, 0) is 30.4 Å². The number of nitrogens with one attached hydrogen (secondary N) is 2. The van der Waals surface area contributed by atoms with Crippen LogP contribution in [0.5, 0.6) is 0 Å². The maximum atomic E-state index is 13.4. The molecule has 1 aliphatic heterocycles. The second kappa shape index (κ2) is 7.80. The normalized spacial score (nSPS) is 19.0. The van der Waals surface area contributed by atoms with Crippen LogP contribution in [0.25, 0.3) is 0 Å². The van der Waals surface area contributed by atoms with E-state index in [2.05, 4.69) is 27.7 Å². The van der Waals surface area contributed by atoms with E-state index in [-0.39, 0.29) is 12.5 Å². The number of rotatable bonds is 4. The number of hydrogen-bond donors (Lipinski definition) is 2. The van der Waals surface area contributed by atoms with Crippen LogP contribution in [0.4, 0.5) is 13.2 Å². The van der Waals surface area contributed by atoms with Gasteiger partial charge in [0.15, 0.2) is 0 Å². The molecule has 4 nitrogen and oxygen atoms in total. The molecule has 2 aliphatic rings. The monoisotopic (exact) mass is 403 g/mol. The van der Waals surface area contributed by atoms with Gasteiger partial charge in [0.05, 0.1) is 5.56 Å². The molecule has 7 heteroatoms. The van der Waals surface area contributed by atoms with Crippen LogP contribution in [0, 0.1) is 0 Å². The van der Waals surface area contributed by atoms with Gasteiger partial charge in [-0.25, -0.2) is 0 Å². The molecule has 0 aromatic heterocycles. The van der Waals surface area contributed by atoms with Crippen LogP contribution in [0.15, 0.2) is 48.5 Å². The maximum Gasteiger partial charge on any atom is 0.416 e. The summed E-state index contributed by atoms with van der Waals surface area (Å²) in [4.78, 5) is 15.6. The van der Waals surface area contributed by atoms with E-state index in [1.165, 1.54) is 23.3 Å². The third-order valence-corrected chi connectivity index (χ3v) is 5.96. The summed E-state index contributed by atoms with van der Waals surface area (Å²) in [7, 11) is 0. The minimum atomic E-state index is -4.36. The summed E-state index contributed by atoms with van der Waals surface area (Å²) >= 11 is 0. The first-order chi connectivity index (χ1) is 13.9. The van der Waals surface area contributed by atoms with Crippen molar-refractivity contribution in [1.82, 2.24) is 15.5 Å². The molecule has 0 unspecified atom stereocenters. The van der Waals surface area contributed by atoms with Gasteiger partial charge in [0, 0.05) is 45.6 Å². The minimum absolute atomic E-state index is 0.0597. The molecule has 2 N–H and O–H groups in total. The zero-order valence-electron chi connectivity index (χ0n) is 16.1. The number of carbonyl (C=O) groups excluding carboxylic acids is 1. The lowest BCUT2D eigenvalue weighted by Crippen LogP contribution is -2.63. The van der Waals surface area contributed by atoms with Crippen LogP contribution < -0.4 is 10.6 Å². The fourth-order valence-corrected chi connectivity index (χ4v) is 4.37. The molecule has 0 saturated carbocycles. The van der Waals surface area contributed by atoms with Crippen LogP contribution in [0.3, 0.4) is 0 Å². The third-order valence-electron chi connectivity index (χ3n) is 5.96. The van der Waals surface area contributed by atoms with E-state index in [0.29, 0.717) is 18.4 Å². The van der Waals surface area contributed by atoms with Crippen molar-refractivity contribution in [1.29, 1.82) is 0 Å². The van der Waals surface area contributed by atoms with Gasteiger partial charge in [-0.3, -0.25) is 9.69 Å². The molecule has 29 heavy (non-hydrogen) atoms. The highest BCUT2D eigenvalue weighted by molar-refractivity contribution is 5.88. The van der Waals surface area contributed by atoms with Crippen molar-refractivity contribution in [2.24, 2.45) is 0 Å². The summed E-state index contributed by atoms with van der Waals surface area (Å²) in [6, 6.07) is 13.1. The molecule has 0 spiro atoms. The fourth-order valence-electron chi connectivity index (χ4n) is 4.37. The molecule has 2 aromatic carbocycles. The molecule has 1 heterocycles. The van der Waals surface area contributed by atoms with E-state index in [9.17, 15) is 18.0 Å². The maximum absolute atomic E-state index is 13.4. The van der Waals surface area contributed by atoms with Crippen LogP contribution in [0.2, 0.25) is 0 Å². The smallest absolute Gasteiger partial charge is 0.350 e. The molecule has 1 amide bonds. The van der Waals surface area contributed by atoms with Gasteiger partial charge in [-0.05, 0) is 28.8 Å². The minimum Gasteiger partial charge on any atom is -0.350 e. The van der Waals surface area contributed by atoms with Crippen LogP contribution in [0.1, 0.15) is 22.3 Å². The van der Waals surface area contributed by atoms with Crippen LogP contribution in [-0.4, -0.2) is 42.5 Å². The largest absolute Gasteiger partial charge is 0.416 e. The van der Waals surface area contributed by atoms with E-state index in [4.69, 9.17) is 0 Å². The van der Waals surface area contributed by atoms with Gasteiger partial charge in [-0.15, -0.1) is 0 Å². The summed E-state index contributed by atoms with van der Waals surface area (Å²) in [5.74, 6) is -0.0597. The fraction of sp³-hybridized carbons (Fsp3) is 0.409. The summed E-state index contributed by atoms with van der Waals surface area (Å²) in [6.45, 7) is 3.47. The number of benzene rings is 2. The quantitative estimate of drug-likeness (QED) is 0.825. The summed E-state index contributed by atoms with van der Waals surface area (Å²) in [5, 5.41) is 6.32. The van der Waals surface area contributed by atoms with E-state index < -0.39 is 17.3 Å². The van der Waals surface area contributed by atoms with Crippen molar-refractivity contribution in [3.8, 4) is 0 Å². The second-order valence-electron chi connectivity index (χ2n) is 7.77. The Bertz CT molecular complexity index is 849. The van der Waals surface area contributed by atoms with Gasteiger partial charge >= 0.3 is 6.18 Å². The predicted molar refractivity (Wildman–Crippen MR) is 104 cm³/mol. The van der Waals surface area contributed by atoms with Crippen molar-refractivity contribution in [3.63, 3.8) is 0 Å². The first kappa shape index (κ1) is 19.9. The van der Waals surface area contributed by atoms with Gasteiger partial charge in [0.1, 0.15) is 5.54 Å². The molecule has 0 radical (unpaired) electrons. The third kappa shape index (κ3) is 4.02. The molecular formula is C22H24F3N3O. The van der Waals surface area contributed by atoms with E-state index in [1.54, 1.807) is 0 Å². The molecule has 0 atom stereocenters. The number of nitrogens with zero attached hydrogens (tertiary/aromatic N) is 1. The van der Waals surface area contributed by atoms with Gasteiger partial charge in [-0.1, -0.05) is 36.4 Å². The molecule has 0 bridgehead atoms. The Balaban J connectivity index is 1.50. The average Bonchev–Trinajstić information content (AvgIpc) is 3.13. The highest BCUT2D eigenvalue weighted by atomic mass is 19.4. The van der Waals surface area contributed by atoms with Crippen molar-refractivity contribution >= 4 is 5.91 Å². The molecular weight excluding hydrogens is 379 g/mol. The zero-order valence-corrected chi connectivity index (χ0v) is 16.1. The standard InChI is InChI=1S/C22H24F3N3O/c23-22(24,25)19-7-5-16(6-8-19)15-27-20(29)21(28-11-9-26-10-12-28)13-17-3-1-2-4-18(17)14-21/h1-8,26H,9-15H2,(H,27,29). The molecule has 4 rings (SSSR count). The Hall–Kier alpha value is -2.38. The summed E-state index contributed by atoms with van der Waals surface area (Å²) in [6.07, 6.45) is -3.05. The SMILES string of the molecule is O=C(NCc1ccc(C(F)(F)F)cc1)C1(N2CCNCC2)Cc2ccccc2C1. The number of carbonyl (C=O) groups is 1. The molecule has 2 aromatic rings. The van der Waals surface area contributed by atoms with Gasteiger partial charge < -0.3 is 10.6 Å². The lowest BCUT2D eigenvalue weighted by Gasteiger charge is -2.42. The Morgan fingerprint density at radius 1 is 1.00 bits per heavy atom. The van der Waals surface area contributed by atoms with Crippen molar-refractivity contribution in [3.05, 3.63) is 70.8 Å². The number of fused-ring (bicyclic) bond motifs is 1. The van der Waals surface area contributed by atoms with Crippen LogP contribution >= 0.6 is 0 Å². The molecule has 1 fully saturated rings. The topological polar surface area (TPSA) is 44.4 Å². The number of halogens is 3. The second-order valence-corrected chi connectivity index (χ2v) is 7.77. The molecule has 154 valence electrons. The zero-order chi connectivity index (χ0) is 20.5. The lowest BCUT2D eigenvalue weighted by molar-refractivity contribution is -0.137. The van der Waals surface area contributed by atoms with E-state index in [0.717, 1.165) is 38.3 Å². The number of amides is 1. The van der Waals surface area contributed by atoms with Crippen molar-refractivity contribution in [2.45, 2.75) is 31.1 Å².